The van der Waals surface area contributed by atoms with Gasteiger partial charge >= 0.3 is 0 Å². The zero-order valence-corrected chi connectivity index (χ0v) is 12.1. The van der Waals surface area contributed by atoms with Crippen molar-refractivity contribution in [1.82, 2.24) is 10.6 Å². The Morgan fingerprint density at radius 2 is 2.28 bits per heavy atom. The monoisotopic (exact) mass is 276 g/mol. The lowest BCUT2D eigenvalue weighted by Gasteiger charge is -2.38. The highest BCUT2D eigenvalue weighted by molar-refractivity contribution is 5.85. The molecule has 0 radical (unpaired) electrons. The van der Waals surface area contributed by atoms with Crippen LogP contribution in [0.15, 0.2) is 0 Å². The number of amides is 1. The first kappa shape index (κ1) is 15.7. The minimum absolute atomic E-state index is 0. The highest BCUT2D eigenvalue weighted by Crippen LogP contribution is 2.33. The van der Waals surface area contributed by atoms with Gasteiger partial charge in [-0.2, -0.15) is 0 Å². The van der Waals surface area contributed by atoms with Crippen LogP contribution < -0.4 is 10.6 Å². The highest BCUT2D eigenvalue weighted by atomic mass is 35.5. The number of hydrogen-bond acceptors (Lipinski definition) is 3. The van der Waals surface area contributed by atoms with E-state index in [4.69, 9.17) is 4.74 Å². The predicted octanol–water partition coefficient (Wildman–Crippen LogP) is 1.48. The van der Waals surface area contributed by atoms with Gasteiger partial charge in [-0.25, -0.2) is 0 Å². The fourth-order valence-electron chi connectivity index (χ4n) is 2.72. The van der Waals surface area contributed by atoms with E-state index in [9.17, 15) is 4.79 Å². The molecule has 1 spiro atoms. The van der Waals surface area contributed by atoms with Crippen LogP contribution in [0.2, 0.25) is 0 Å². The molecule has 0 saturated carbocycles. The average Bonchev–Trinajstić information content (AvgIpc) is 2.74. The van der Waals surface area contributed by atoms with Crippen molar-refractivity contribution >= 4 is 18.3 Å². The molecule has 0 unspecified atom stereocenters. The number of ether oxygens (including phenoxy) is 1. The van der Waals surface area contributed by atoms with E-state index < -0.39 is 0 Å². The maximum absolute atomic E-state index is 11.5. The van der Waals surface area contributed by atoms with Gasteiger partial charge in [-0.3, -0.25) is 4.79 Å². The maximum Gasteiger partial charge on any atom is 0.222 e. The summed E-state index contributed by atoms with van der Waals surface area (Å²) >= 11 is 0. The van der Waals surface area contributed by atoms with Gasteiger partial charge in [-0.15, -0.1) is 12.4 Å². The van der Waals surface area contributed by atoms with Crippen LogP contribution >= 0.6 is 12.4 Å². The van der Waals surface area contributed by atoms with Crippen LogP contribution in [0, 0.1) is 5.92 Å². The Kier molecular flexibility index (Phi) is 5.89. The zero-order valence-electron chi connectivity index (χ0n) is 11.3. The third-order valence-corrected chi connectivity index (χ3v) is 3.81. The molecule has 2 N–H and O–H groups in total. The maximum atomic E-state index is 11.5. The Balaban J connectivity index is 0.00000162. The second-order valence-corrected chi connectivity index (χ2v) is 5.64. The van der Waals surface area contributed by atoms with Crippen LogP contribution in [0.1, 0.15) is 39.5 Å². The Labute approximate surface area is 116 Å². The van der Waals surface area contributed by atoms with E-state index in [1.165, 1.54) is 6.42 Å². The van der Waals surface area contributed by atoms with Gasteiger partial charge < -0.3 is 15.4 Å². The number of rotatable bonds is 3. The molecule has 0 bridgehead atoms. The fourth-order valence-corrected chi connectivity index (χ4v) is 2.72. The molecule has 2 heterocycles. The van der Waals surface area contributed by atoms with E-state index in [0.717, 1.165) is 32.4 Å². The SMILES string of the molecule is CC(C)C(=O)NC[C@@H]1CCC[C@]2(CCNC2)O1.Cl. The number of carbonyl (C=O) groups excluding carboxylic acids is 1. The molecule has 0 aromatic carbocycles. The number of carbonyl (C=O) groups is 1. The molecule has 2 rings (SSSR count). The molecular weight excluding hydrogens is 252 g/mol. The van der Waals surface area contributed by atoms with Gasteiger partial charge in [0.15, 0.2) is 0 Å². The molecule has 0 aliphatic carbocycles. The third kappa shape index (κ3) is 3.84. The molecule has 5 heteroatoms. The minimum atomic E-state index is 0. The van der Waals surface area contributed by atoms with Crippen molar-refractivity contribution < 1.29 is 9.53 Å². The lowest BCUT2D eigenvalue weighted by molar-refractivity contribution is -0.130. The first-order valence-corrected chi connectivity index (χ1v) is 6.78. The van der Waals surface area contributed by atoms with Crippen LogP contribution in [0.4, 0.5) is 0 Å². The van der Waals surface area contributed by atoms with Crippen LogP contribution in [-0.4, -0.2) is 37.2 Å². The fraction of sp³-hybridized carbons (Fsp3) is 0.923. The number of halogens is 1. The molecule has 4 nitrogen and oxygen atoms in total. The van der Waals surface area contributed by atoms with Gasteiger partial charge in [0.2, 0.25) is 5.91 Å². The van der Waals surface area contributed by atoms with Gasteiger partial charge in [0.25, 0.3) is 0 Å². The van der Waals surface area contributed by atoms with Crippen molar-refractivity contribution in [1.29, 1.82) is 0 Å². The second kappa shape index (κ2) is 6.73. The Morgan fingerprint density at radius 1 is 1.50 bits per heavy atom. The van der Waals surface area contributed by atoms with E-state index >= 15 is 0 Å². The standard InChI is InChI=1S/C13H24N2O2.ClH/c1-10(2)12(16)15-8-11-4-3-5-13(17-11)6-7-14-9-13;/h10-11,14H,3-9H2,1-2H3,(H,15,16);1H/t11-,13+;/m0./s1. The normalized spacial score (nSPS) is 31.4. The molecule has 106 valence electrons. The lowest BCUT2D eigenvalue weighted by Crippen LogP contribution is -2.46. The topological polar surface area (TPSA) is 50.4 Å². The van der Waals surface area contributed by atoms with Crippen molar-refractivity contribution in [2.24, 2.45) is 5.92 Å². The van der Waals surface area contributed by atoms with E-state index in [1.807, 2.05) is 13.8 Å². The Bertz CT molecular complexity index is 278. The highest BCUT2D eigenvalue weighted by Gasteiger charge is 2.39. The molecule has 2 saturated heterocycles. The molecule has 18 heavy (non-hydrogen) atoms. The van der Waals surface area contributed by atoms with E-state index in [1.54, 1.807) is 0 Å². The van der Waals surface area contributed by atoms with Crippen LogP contribution in [0.25, 0.3) is 0 Å². The summed E-state index contributed by atoms with van der Waals surface area (Å²) in [5.74, 6) is 0.179. The Hall–Kier alpha value is -0.320. The number of nitrogens with one attached hydrogen (secondary N) is 2. The number of hydrogen-bond donors (Lipinski definition) is 2. The predicted molar refractivity (Wildman–Crippen MR) is 74.0 cm³/mol. The van der Waals surface area contributed by atoms with E-state index in [2.05, 4.69) is 10.6 Å². The van der Waals surface area contributed by atoms with Crippen molar-refractivity contribution in [3.8, 4) is 0 Å². The summed E-state index contributed by atoms with van der Waals surface area (Å²) in [6.45, 7) is 6.53. The van der Waals surface area contributed by atoms with Crippen LogP contribution in [-0.2, 0) is 9.53 Å². The van der Waals surface area contributed by atoms with Crippen LogP contribution in [0.5, 0.6) is 0 Å². The van der Waals surface area contributed by atoms with E-state index in [-0.39, 0.29) is 35.9 Å². The van der Waals surface area contributed by atoms with Gasteiger partial charge in [0, 0.05) is 19.0 Å². The van der Waals surface area contributed by atoms with E-state index in [0.29, 0.717) is 6.54 Å². The smallest absolute Gasteiger partial charge is 0.222 e. The van der Waals surface area contributed by atoms with Crippen LogP contribution in [0.3, 0.4) is 0 Å². The van der Waals surface area contributed by atoms with Crippen molar-refractivity contribution in [3.05, 3.63) is 0 Å². The summed E-state index contributed by atoms with van der Waals surface area (Å²) in [5, 5.41) is 6.35. The lowest BCUT2D eigenvalue weighted by atomic mass is 9.90. The quantitative estimate of drug-likeness (QED) is 0.821. The summed E-state index contributed by atoms with van der Waals surface area (Å²) in [4.78, 5) is 11.5. The van der Waals surface area contributed by atoms with Crippen molar-refractivity contribution in [3.63, 3.8) is 0 Å². The Morgan fingerprint density at radius 3 is 2.89 bits per heavy atom. The van der Waals surface area contributed by atoms with Crippen molar-refractivity contribution in [2.45, 2.75) is 51.2 Å². The average molecular weight is 277 g/mol. The van der Waals surface area contributed by atoms with Gasteiger partial charge in [0.1, 0.15) is 0 Å². The summed E-state index contributed by atoms with van der Waals surface area (Å²) in [6.07, 6.45) is 4.76. The van der Waals surface area contributed by atoms with Crippen molar-refractivity contribution in [2.75, 3.05) is 19.6 Å². The minimum Gasteiger partial charge on any atom is -0.369 e. The summed E-state index contributed by atoms with van der Waals surface area (Å²) in [5.41, 5.74) is 0.0610. The molecule has 2 atom stereocenters. The largest absolute Gasteiger partial charge is 0.369 e. The molecule has 2 aliphatic rings. The summed E-state index contributed by atoms with van der Waals surface area (Å²) < 4.78 is 6.19. The van der Waals surface area contributed by atoms with Gasteiger partial charge in [-0.1, -0.05) is 13.8 Å². The molecule has 2 fully saturated rings. The first-order chi connectivity index (χ1) is 8.11. The van der Waals surface area contributed by atoms with Gasteiger partial charge in [-0.05, 0) is 32.2 Å². The molecule has 2 aliphatic heterocycles. The molecule has 0 aromatic rings. The third-order valence-electron chi connectivity index (χ3n) is 3.81. The summed E-state index contributed by atoms with van der Waals surface area (Å²) in [7, 11) is 0. The van der Waals surface area contributed by atoms with Gasteiger partial charge in [0.05, 0.1) is 11.7 Å². The molecule has 1 amide bonds. The molecular formula is C13H25ClN2O2. The first-order valence-electron chi connectivity index (χ1n) is 6.78. The molecule has 0 aromatic heterocycles. The zero-order chi connectivity index (χ0) is 12.3. The summed E-state index contributed by atoms with van der Waals surface area (Å²) in [6, 6.07) is 0. The second-order valence-electron chi connectivity index (χ2n) is 5.64.